The van der Waals surface area contributed by atoms with Gasteiger partial charge in [0, 0.05) is 11.9 Å². The monoisotopic (exact) mass is 351 g/mol. The van der Waals surface area contributed by atoms with Crippen molar-refractivity contribution in [3.05, 3.63) is 40.8 Å². The minimum absolute atomic E-state index is 0.0240. The predicted molar refractivity (Wildman–Crippen MR) is 92.5 cm³/mol. The molecule has 0 spiro atoms. The summed E-state index contributed by atoms with van der Waals surface area (Å²) < 4.78 is 24.6. The number of carbonyl (C=O) groups is 1. The van der Waals surface area contributed by atoms with E-state index in [1.54, 1.807) is 24.3 Å². The highest BCUT2D eigenvalue weighted by atomic mass is 32.2. The van der Waals surface area contributed by atoms with Crippen molar-refractivity contribution in [2.45, 2.75) is 20.4 Å². The van der Waals surface area contributed by atoms with Crippen LogP contribution in [-0.2, 0) is 21.2 Å². The van der Waals surface area contributed by atoms with Crippen LogP contribution >= 0.6 is 0 Å². The average molecular weight is 351 g/mol. The Bertz CT molecular complexity index is 888. The molecule has 1 aromatic carbocycles. The van der Waals surface area contributed by atoms with Crippen molar-refractivity contribution in [3.8, 4) is 0 Å². The molecule has 1 aromatic heterocycles. The summed E-state index contributed by atoms with van der Waals surface area (Å²) in [6.07, 6.45) is 1.52. The van der Waals surface area contributed by atoms with Gasteiger partial charge in [0.2, 0.25) is 5.91 Å². The highest BCUT2D eigenvalue weighted by Gasteiger charge is 2.14. The van der Waals surface area contributed by atoms with Crippen LogP contribution in [0.4, 0.5) is 0 Å². The van der Waals surface area contributed by atoms with Gasteiger partial charge in [-0.25, -0.2) is 13.1 Å². The molecule has 0 aliphatic carbocycles. The lowest BCUT2D eigenvalue weighted by molar-refractivity contribution is -0.121. The van der Waals surface area contributed by atoms with Crippen LogP contribution < -0.4 is 10.9 Å². The number of rotatable bonds is 7. The molecule has 0 aliphatic rings. The van der Waals surface area contributed by atoms with Gasteiger partial charge in [-0.2, -0.15) is 5.10 Å². The third-order valence-corrected chi connectivity index (χ3v) is 5.38. The summed E-state index contributed by atoms with van der Waals surface area (Å²) in [5.74, 6) is -0.420. The van der Waals surface area contributed by atoms with Crippen LogP contribution in [-0.4, -0.2) is 42.2 Å². The molecule has 0 saturated carbocycles. The molecule has 1 N–H and O–H groups in total. The number of hydrogen-bond donors (Lipinski definition) is 1. The third-order valence-electron chi connectivity index (χ3n) is 3.38. The van der Waals surface area contributed by atoms with Crippen molar-refractivity contribution < 1.29 is 13.2 Å². The van der Waals surface area contributed by atoms with Crippen LogP contribution in [0.2, 0.25) is 0 Å². The van der Waals surface area contributed by atoms with E-state index in [1.807, 2.05) is 13.8 Å². The maximum Gasteiger partial charge on any atom is 0.275 e. The van der Waals surface area contributed by atoms with Gasteiger partial charge in [0.05, 0.1) is 23.1 Å². The first-order chi connectivity index (χ1) is 11.3. The molecule has 0 atom stereocenters. The third kappa shape index (κ3) is 4.89. The fourth-order valence-corrected chi connectivity index (χ4v) is 3.96. The first-order valence-electron chi connectivity index (χ1n) is 7.70. The van der Waals surface area contributed by atoms with Crippen LogP contribution in [0.25, 0.3) is 10.8 Å². The van der Waals surface area contributed by atoms with E-state index in [0.29, 0.717) is 10.8 Å². The number of nitrogens with one attached hydrogen (secondary N) is 1. The molecule has 0 fully saturated rings. The maximum atomic E-state index is 12.2. The van der Waals surface area contributed by atoms with Gasteiger partial charge in [-0.15, -0.1) is 0 Å². The van der Waals surface area contributed by atoms with Crippen molar-refractivity contribution in [2.24, 2.45) is 5.92 Å². The summed E-state index contributed by atoms with van der Waals surface area (Å²) in [4.78, 5) is 24.1. The molecule has 8 heteroatoms. The van der Waals surface area contributed by atoms with Gasteiger partial charge >= 0.3 is 0 Å². The molecule has 2 aromatic rings. The van der Waals surface area contributed by atoms with E-state index in [4.69, 9.17) is 0 Å². The SMILES string of the molecule is CC(C)CS(=O)(=O)CCNC(=O)Cn1ncc2ccccc2c1=O. The Labute approximate surface area is 140 Å². The van der Waals surface area contributed by atoms with Crippen molar-refractivity contribution in [1.82, 2.24) is 15.1 Å². The van der Waals surface area contributed by atoms with E-state index in [9.17, 15) is 18.0 Å². The maximum absolute atomic E-state index is 12.2. The predicted octanol–water partition coefficient (Wildman–Crippen LogP) is 0.583. The van der Waals surface area contributed by atoms with Gasteiger partial charge in [-0.3, -0.25) is 9.59 Å². The number of sulfone groups is 1. The largest absolute Gasteiger partial charge is 0.353 e. The number of nitrogens with zero attached hydrogens (tertiary/aromatic N) is 2. The lowest BCUT2D eigenvalue weighted by atomic mass is 10.2. The van der Waals surface area contributed by atoms with Gasteiger partial charge in [0.15, 0.2) is 9.84 Å². The Balaban J connectivity index is 1.96. The van der Waals surface area contributed by atoms with E-state index in [1.165, 1.54) is 6.20 Å². The number of fused-ring (bicyclic) bond motifs is 1. The van der Waals surface area contributed by atoms with Crippen molar-refractivity contribution in [2.75, 3.05) is 18.1 Å². The zero-order chi connectivity index (χ0) is 17.7. The van der Waals surface area contributed by atoms with E-state index >= 15 is 0 Å². The van der Waals surface area contributed by atoms with E-state index < -0.39 is 15.7 Å². The van der Waals surface area contributed by atoms with E-state index in [0.717, 1.165) is 4.68 Å². The minimum atomic E-state index is -3.19. The number of amides is 1. The summed E-state index contributed by atoms with van der Waals surface area (Å²) in [6, 6.07) is 6.99. The molecule has 1 heterocycles. The molecule has 0 bridgehead atoms. The van der Waals surface area contributed by atoms with Gasteiger partial charge in [0.25, 0.3) is 5.56 Å². The van der Waals surface area contributed by atoms with Gasteiger partial charge < -0.3 is 5.32 Å². The van der Waals surface area contributed by atoms with E-state index in [2.05, 4.69) is 10.4 Å². The molecule has 24 heavy (non-hydrogen) atoms. The second kappa shape index (κ2) is 7.57. The standard InChI is InChI=1S/C16H21N3O4S/c1-12(2)11-24(22,23)8-7-17-15(20)10-19-16(21)14-6-4-3-5-13(14)9-18-19/h3-6,9,12H,7-8,10-11H2,1-2H3,(H,17,20). The van der Waals surface area contributed by atoms with Crippen LogP contribution in [0, 0.1) is 5.92 Å². The van der Waals surface area contributed by atoms with Crippen molar-refractivity contribution >= 4 is 26.5 Å². The van der Waals surface area contributed by atoms with Gasteiger partial charge in [0.1, 0.15) is 6.54 Å². The molecule has 0 aliphatic heterocycles. The normalized spacial score (nSPS) is 11.8. The van der Waals surface area contributed by atoms with E-state index in [-0.39, 0.29) is 36.1 Å². The molecule has 2 rings (SSSR count). The molecule has 7 nitrogen and oxygen atoms in total. The summed E-state index contributed by atoms with van der Waals surface area (Å²) in [5, 5.41) is 7.68. The van der Waals surface area contributed by atoms with Gasteiger partial charge in [-0.05, 0) is 12.0 Å². The fourth-order valence-electron chi connectivity index (χ4n) is 2.37. The molecule has 1 amide bonds. The Morgan fingerprint density at radius 1 is 1.29 bits per heavy atom. The molecule has 0 unspecified atom stereocenters. The van der Waals surface area contributed by atoms with Crippen molar-refractivity contribution in [1.29, 1.82) is 0 Å². The number of hydrogen-bond acceptors (Lipinski definition) is 5. The number of benzene rings is 1. The van der Waals surface area contributed by atoms with Crippen LogP contribution in [0.15, 0.2) is 35.3 Å². The number of carbonyl (C=O) groups excluding carboxylic acids is 1. The fraction of sp³-hybridized carbons (Fsp3) is 0.438. The Morgan fingerprint density at radius 2 is 2.00 bits per heavy atom. The molecule has 0 saturated heterocycles. The quantitative estimate of drug-likeness (QED) is 0.787. The molecular formula is C16H21N3O4S. The van der Waals surface area contributed by atoms with Crippen molar-refractivity contribution in [3.63, 3.8) is 0 Å². The summed E-state index contributed by atoms with van der Waals surface area (Å²) in [7, 11) is -3.19. The first-order valence-corrected chi connectivity index (χ1v) is 9.52. The molecular weight excluding hydrogens is 330 g/mol. The average Bonchev–Trinajstić information content (AvgIpc) is 2.49. The lowest BCUT2D eigenvalue weighted by Gasteiger charge is -2.09. The van der Waals surface area contributed by atoms with Crippen LogP contribution in [0.5, 0.6) is 0 Å². The zero-order valence-electron chi connectivity index (χ0n) is 13.7. The Kier molecular flexibility index (Phi) is 5.71. The topological polar surface area (TPSA) is 98.1 Å². The van der Waals surface area contributed by atoms with Gasteiger partial charge in [-0.1, -0.05) is 32.0 Å². The lowest BCUT2D eigenvalue weighted by Crippen LogP contribution is -2.36. The zero-order valence-corrected chi connectivity index (χ0v) is 14.5. The second-order valence-corrected chi connectivity index (χ2v) is 8.28. The van der Waals surface area contributed by atoms with Crippen LogP contribution in [0.3, 0.4) is 0 Å². The smallest absolute Gasteiger partial charge is 0.275 e. The first kappa shape index (κ1) is 18.1. The summed E-state index contributed by atoms with van der Waals surface area (Å²) >= 11 is 0. The molecule has 0 radical (unpaired) electrons. The molecule has 130 valence electrons. The number of aromatic nitrogens is 2. The highest BCUT2D eigenvalue weighted by molar-refractivity contribution is 7.91. The summed E-state index contributed by atoms with van der Waals surface area (Å²) in [5.41, 5.74) is -0.351. The van der Waals surface area contributed by atoms with Crippen LogP contribution in [0.1, 0.15) is 13.8 Å². The Morgan fingerprint density at radius 3 is 2.71 bits per heavy atom. The highest BCUT2D eigenvalue weighted by Crippen LogP contribution is 2.06. The second-order valence-electron chi connectivity index (χ2n) is 6.05. The Hall–Kier alpha value is -2.22. The summed E-state index contributed by atoms with van der Waals surface area (Å²) in [6.45, 7) is 3.44. The minimum Gasteiger partial charge on any atom is -0.353 e.